The minimum absolute atomic E-state index is 0.0804. The van der Waals surface area contributed by atoms with E-state index in [1.807, 2.05) is 6.08 Å². The Hall–Kier alpha value is -2.95. The standard InChI is InChI=1S/C66H115NO3/c1-3-5-7-9-11-13-15-17-19-21-23-25-27-29-30-31-32-33-34-35-36-38-40-42-44-46-48-50-52-54-56-58-60-62-66(70)67-64(63-68)65(69)61-59-57-55-53-51-49-47-45-43-41-39-37-28-26-24-22-20-18-16-14-12-10-8-6-4-2/h5,7,11,13,17,19,23,25,29-30,32-33,43,45,51,53,59,61,64-65,68-69H,3-4,6,8-10,12,14-16,18,20-22,24,26-28,31,34-42,44,46-50,52,54-58,60,62-63H2,1-2H3,(H,67,70)/b7-5-,13-11-,19-17-,25-23-,30-29-,33-32-,45-43+,53-51+,61-59+. The van der Waals surface area contributed by atoms with Crippen LogP contribution in [0.2, 0.25) is 0 Å². The molecular weight excluding hydrogens is 855 g/mol. The highest BCUT2D eigenvalue weighted by Crippen LogP contribution is 2.16. The molecule has 0 spiro atoms. The maximum atomic E-state index is 12.5. The average Bonchev–Trinajstić information content (AvgIpc) is 3.36. The van der Waals surface area contributed by atoms with E-state index in [9.17, 15) is 15.0 Å². The molecule has 0 saturated heterocycles. The van der Waals surface area contributed by atoms with Crippen molar-refractivity contribution in [1.82, 2.24) is 5.32 Å². The monoisotopic (exact) mass is 970 g/mol. The number of hydrogen-bond donors (Lipinski definition) is 3. The van der Waals surface area contributed by atoms with Gasteiger partial charge in [0.05, 0.1) is 18.8 Å². The van der Waals surface area contributed by atoms with Crippen LogP contribution in [0.4, 0.5) is 0 Å². The van der Waals surface area contributed by atoms with Gasteiger partial charge in [0.1, 0.15) is 0 Å². The molecule has 2 atom stereocenters. The van der Waals surface area contributed by atoms with Crippen molar-refractivity contribution >= 4 is 5.91 Å². The quantitative estimate of drug-likeness (QED) is 0.0420. The number of carbonyl (C=O) groups excluding carboxylic acids is 1. The lowest BCUT2D eigenvalue weighted by Gasteiger charge is -2.19. The number of unbranched alkanes of at least 4 members (excludes halogenated alkanes) is 31. The molecular formula is C66H115NO3. The summed E-state index contributed by atoms with van der Waals surface area (Å²) in [6.07, 6.45) is 91.2. The number of allylic oxidation sites excluding steroid dienone is 17. The van der Waals surface area contributed by atoms with Gasteiger partial charge in [-0.15, -0.1) is 0 Å². The van der Waals surface area contributed by atoms with Crippen molar-refractivity contribution in [2.45, 2.75) is 296 Å². The first-order chi connectivity index (χ1) is 34.7. The van der Waals surface area contributed by atoms with Crippen LogP contribution >= 0.6 is 0 Å². The Morgan fingerprint density at radius 3 is 1.00 bits per heavy atom. The van der Waals surface area contributed by atoms with E-state index >= 15 is 0 Å². The highest BCUT2D eigenvalue weighted by molar-refractivity contribution is 5.76. The van der Waals surface area contributed by atoms with E-state index in [0.29, 0.717) is 6.42 Å². The van der Waals surface area contributed by atoms with Crippen LogP contribution in [0.1, 0.15) is 284 Å². The maximum Gasteiger partial charge on any atom is 0.220 e. The molecule has 0 aromatic heterocycles. The van der Waals surface area contributed by atoms with Crippen molar-refractivity contribution in [3.05, 3.63) is 109 Å². The second kappa shape index (κ2) is 60.4. The van der Waals surface area contributed by atoms with Gasteiger partial charge in [0, 0.05) is 6.42 Å². The first-order valence-electron chi connectivity index (χ1n) is 30.1. The van der Waals surface area contributed by atoms with Crippen molar-refractivity contribution in [3.63, 3.8) is 0 Å². The fraction of sp³-hybridized carbons (Fsp3) is 0.712. The Balaban J connectivity index is 3.58. The summed E-state index contributed by atoms with van der Waals surface area (Å²) in [5, 5.41) is 23.2. The molecule has 3 N–H and O–H groups in total. The highest BCUT2D eigenvalue weighted by Gasteiger charge is 2.18. The van der Waals surface area contributed by atoms with Crippen molar-refractivity contribution in [2.75, 3.05) is 6.61 Å². The highest BCUT2D eigenvalue weighted by atomic mass is 16.3. The second-order valence-corrected chi connectivity index (χ2v) is 20.0. The van der Waals surface area contributed by atoms with Crippen molar-refractivity contribution in [3.8, 4) is 0 Å². The van der Waals surface area contributed by atoms with Gasteiger partial charge in [-0.05, 0) is 96.3 Å². The Morgan fingerprint density at radius 2 is 0.643 bits per heavy atom. The summed E-state index contributed by atoms with van der Waals surface area (Å²) >= 11 is 0. The summed E-state index contributed by atoms with van der Waals surface area (Å²) in [5.41, 5.74) is 0. The molecule has 0 rings (SSSR count). The number of hydrogen-bond acceptors (Lipinski definition) is 3. The van der Waals surface area contributed by atoms with Crippen LogP contribution in [0.3, 0.4) is 0 Å². The molecule has 0 radical (unpaired) electrons. The van der Waals surface area contributed by atoms with E-state index in [2.05, 4.69) is 116 Å². The third-order valence-electron chi connectivity index (χ3n) is 13.2. The molecule has 0 fully saturated rings. The Morgan fingerprint density at radius 1 is 0.357 bits per heavy atom. The predicted molar refractivity (Wildman–Crippen MR) is 313 cm³/mol. The number of rotatable bonds is 54. The summed E-state index contributed by atoms with van der Waals surface area (Å²) in [7, 11) is 0. The van der Waals surface area contributed by atoms with Gasteiger partial charge in [-0.1, -0.05) is 290 Å². The molecule has 0 aromatic carbocycles. The van der Waals surface area contributed by atoms with Gasteiger partial charge in [-0.3, -0.25) is 4.79 Å². The zero-order valence-electron chi connectivity index (χ0n) is 46.3. The Labute approximate surface area is 436 Å². The van der Waals surface area contributed by atoms with Gasteiger partial charge in [-0.2, -0.15) is 0 Å². The largest absolute Gasteiger partial charge is 0.394 e. The van der Waals surface area contributed by atoms with Crippen molar-refractivity contribution in [2.24, 2.45) is 0 Å². The summed E-state index contributed by atoms with van der Waals surface area (Å²) in [6, 6.07) is -0.653. The smallest absolute Gasteiger partial charge is 0.220 e. The van der Waals surface area contributed by atoms with Gasteiger partial charge >= 0.3 is 0 Å². The molecule has 2 unspecified atom stereocenters. The molecule has 0 aliphatic carbocycles. The molecule has 4 heteroatoms. The second-order valence-electron chi connectivity index (χ2n) is 20.0. The van der Waals surface area contributed by atoms with E-state index in [1.54, 1.807) is 6.08 Å². The lowest BCUT2D eigenvalue weighted by atomic mass is 10.0. The van der Waals surface area contributed by atoms with Crippen LogP contribution < -0.4 is 5.32 Å². The van der Waals surface area contributed by atoms with E-state index < -0.39 is 12.1 Å². The van der Waals surface area contributed by atoms with Crippen LogP contribution in [0.5, 0.6) is 0 Å². The summed E-state index contributed by atoms with van der Waals surface area (Å²) < 4.78 is 0. The fourth-order valence-corrected chi connectivity index (χ4v) is 8.69. The third-order valence-corrected chi connectivity index (χ3v) is 13.2. The molecule has 4 nitrogen and oxygen atoms in total. The Kier molecular flexibility index (Phi) is 57.8. The molecule has 1 amide bonds. The van der Waals surface area contributed by atoms with Gasteiger partial charge in [0.15, 0.2) is 0 Å². The van der Waals surface area contributed by atoms with Crippen LogP contribution in [0.15, 0.2) is 109 Å². The maximum absolute atomic E-state index is 12.5. The summed E-state index contributed by atoms with van der Waals surface area (Å²) in [6.45, 7) is 4.19. The fourth-order valence-electron chi connectivity index (χ4n) is 8.69. The summed E-state index contributed by atoms with van der Waals surface area (Å²) in [5.74, 6) is -0.0804. The van der Waals surface area contributed by atoms with Crippen LogP contribution in [-0.4, -0.2) is 34.9 Å². The minimum atomic E-state index is -0.878. The van der Waals surface area contributed by atoms with Crippen molar-refractivity contribution < 1.29 is 15.0 Å². The minimum Gasteiger partial charge on any atom is -0.394 e. The molecule has 0 aliphatic rings. The number of carbonyl (C=O) groups is 1. The van der Waals surface area contributed by atoms with Crippen LogP contribution in [0.25, 0.3) is 0 Å². The van der Waals surface area contributed by atoms with Crippen molar-refractivity contribution in [1.29, 1.82) is 0 Å². The number of aliphatic hydroxyl groups is 2. The third kappa shape index (κ3) is 56.0. The van der Waals surface area contributed by atoms with Gasteiger partial charge < -0.3 is 15.5 Å². The molecule has 0 heterocycles. The Bertz CT molecular complexity index is 1330. The van der Waals surface area contributed by atoms with Gasteiger partial charge in [-0.25, -0.2) is 0 Å². The van der Waals surface area contributed by atoms with Gasteiger partial charge in [0.2, 0.25) is 5.91 Å². The normalized spacial score (nSPS) is 13.6. The number of aliphatic hydroxyl groups excluding tert-OH is 2. The SMILES string of the molecule is CC/C=C\C/C=C\C/C=C\C/C=C\C/C=C\C/C=C\CCCCCCCCCCCCCCCCC(=O)NC(CO)C(O)/C=C/CC/C=C/CC/C=C/CCCCCCCCCCCCCCCCC. The zero-order chi connectivity index (χ0) is 50.6. The predicted octanol–water partition coefficient (Wildman–Crippen LogP) is 20.3. The average molecular weight is 971 g/mol. The van der Waals surface area contributed by atoms with E-state index in [4.69, 9.17) is 0 Å². The zero-order valence-corrected chi connectivity index (χ0v) is 46.3. The molecule has 0 saturated carbocycles. The molecule has 0 bridgehead atoms. The van der Waals surface area contributed by atoms with E-state index in [0.717, 1.165) is 77.0 Å². The lowest BCUT2D eigenvalue weighted by Crippen LogP contribution is -2.45. The lowest BCUT2D eigenvalue weighted by molar-refractivity contribution is -0.123. The van der Waals surface area contributed by atoms with E-state index in [-0.39, 0.29) is 12.5 Å². The molecule has 402 valence electrons. The first kappa shape index (κ1) is 67.0. The van der Waals surface area contributed by atoms with Crippen LogP contribution in [-0.2, 0) is 4.79 Å². The topological polar surface area (TPSA) is 69.6 Å². The van der Waals surface area contributed by atoms with E-state index in [1.165, 1.54) is 186 Å². The molecule has 0 aromatic rings. The van der Waals surface area contributed by atoms with Crippen LogP contribution in [0, 0.1) is 0 Å². The number of amides is 1. The summed E-state index contributed by atoms with van der Waals surface area (Å²) in [4.78, 5) is 12.5. The van der Waals surface area contributed by atoms with Gasteiger partial charge in [0.25, 0.3) is 0 Å². The molecule has 0 aliphatic heterocycles. The number of nitrogens with one attached hydrogen (secondary N) is 1. The first-order valence-corrected chi connectivity index (χ1v) is 30.1. The molecule has 70 heavy (non-hydrogen) atoms.